The molecule has 3 rings (SSSR count). The van der Waals surface area contributed by atoms with E-state index in [0.29, 0.717) is 6.42 Å². The van der Waals surface area contributed by atoms with Gasteiger partial charge in [0.15, 0.2) is 0 Å². The predicted octanol–water partition coefficient (Wildman–Crippen LogP) is 3.02. The molecule has 0 saturated carbocycles. The number of rotatable bonds is 6. The monoisotopic (exact) mass is 293 g/mol. The summed E-state index contributed by atoms with van der Waals surface area (Å²) in [6, 6.07) is 16.6. The van der Waals surface area contributed by atoms with Crippen molar-refractivity contribution in [1.82, 2.24) is 9.55 Å². The molecule has 3 aromatic rings. The number of anilines is 1. The maximum atomic E-state index is 8.91. The highest BCUT2D eigenvalue weighted by Crippen LogP contribution is 2.13. The van der Waals surface area contributed by atoms with E-state index in [4.69, 9.17) is 5.11 Å². The minimum Gasteiger partial charge on any atom is -0.396 e. The van der Waals surface area contributed by atoms with Crippen molar-refractivity contribution in [2.45, 2.75) is 13.0 Å². The fourth-order valence-electron chi connectivity index (χ4n) is 2.32. The van der Waals surface area contributed by atoms with E-state index < -0.39 is 0 Å². The van der Waals surface area contributed by atoms with Crippen LogP contribution in [0.25, 0.3) is 5.69 Å². The van der Waals surface area contributed by atoms with E-state index in [0.717, 1.165) is 23.5 Å². The second-order valence-electron chi connectivity index (χ2n) is 5.16. The smallest absolute Gasteiger partial charge is 0.0991 e. The van der Waals surface area contributed by atoms with Gasteiger partial charge >= 0.3 is 0 Å². The van der Waals surface area contributed by atoms with Gasteiger partial charge < -0.3 is 15.0 Å². The third kappa shape index (κ3) is 3.54. The highest BCUT2D eigenvalue weighted by atomic mass is 16.2. The molecule has 0 radical (unpaired) electrons. The molecule has 2 aromatic carbocycles. The molecular formula is C18H19N3O. The minimum absolute atomic E-state index is 0.191. The number of hydrogen-bond acceptors (Lipinski definition) is 3. The van der Waals surface area contributed by atoms with Gasteiger partial charge in [-0.15, -0.1) is 0 Å². The Morgan fingerprint density at radius 1 is 0.955 bits per heavy atom. The summed E-state index contributed by atoms with van der Waals surface area (Å²) in [5.41, 5.74) is 4.57. The number of aliphatic hydroxyl groups excluding tert-OH is 1. The van der Waals surface area contributed by atoms with E-state index in [9.17, 15) is 0 Å². The molecule has 0 aliphatic heterocycles. The van der Waals surface area contributed by atoms with Gasteiger partial charge in [-0.3, -0.25) is 0 Å². The van der Waals surface area contributed by atoms with Crippen LogP contribution in [-0.4, -0.2) is 21.3 Å². The first-order chi connectivity index (χ1) is 10.8. The van der Waals surface area contributed by atoms with Crippen LogP contribution in [0.1, 0.15) is 11.1 Å². The van der Waals surface area contributed by atoms with Crippen LogP contribution in [0.2, 0.25) is 0 Å². The number of aliphatic hydroxyl groups is 1. The summed E-state index contributed by atoms with van der Waals surface area (Å²) in [5, 5.41) is 12.3. The van der Waals surface area contributed by atoms with Gasteiger partial charge in [0.25, 0.3) is 0 Å². The van der Waals surface area contributed by atoms with E-state index in [-0.39, 0.29) is 6.61 Å². The van der Waals surface area contributed by atoms with Crippen LogP contribution in [0.5, 0.6) is 0 Å². The van der Waals surface area contributed by atoms with E-state index >= 15 is 0 Å². The lowest BCUT2D eigenvalue weighted by atomic mass is 10.1. The Hall–Kier alpha value is -2.59. The number of hydrogen-bond donors (Lipinski definition) is 2. The average Bonchev–Trinajstić information content (AvgIpc) is 3.09. The fourth-order valence-corrected chi connectivity index (χ4v) is 2.32. The second kappa shape index (κ2) is 6.91. The van der Waals surface area contributed by atoms with Gasteiger partial charge in [-0.2, -0.15) is 0 Å². The van der Waals surface area contributed by atoms with Gasteiger partial charge in [0.2, 0.25) is 0 Å². The third-order valence-electron chi connectivity index (χ3n) is 3.59. The Morgan fingerprint density at radius 2 is 1.68 bits per heavy atom. The Labute approximate surface area is 130 Å². The van der Waals surface area contributed by atoms with Crippen LogP contribution in [-0.2, 0) is 13.0 Å². The van der Waals surface area contributed by atoms with Gasteiger partial charge in [-0.05, 0) is 41.8 Å². The molecule has 4 nitrogen and oxygen atoms in total. The summed E-state index contributed by atoms with van der Waals surface area (Å²) in [6.07, 6.45) is 6.20. The minimum atomic E-state index is 0.191. The van der Waals surface area contributed by atoms with Crippen LogP contribution >= 0.6 is 0 Å². The fraction of sp³-hybridized carbons (Fsp3) is 0.167. The first kappa shape index (κ1) is 14.4. The second-order valence-corrected chi connectivity index (χ2v) is 5.16. The molecule has 112 valence electrons. The summed E-state index contributed by atoms with van der Waals surface area (Å²) < 4.78 is 1.98. The standard InChI is InChI=1S/C18H19N3O/c22-12-9-15-1-5-17(6-2-15)20-13-16-3-7-18(8-4-16)21-11-10-19-14-21/h1-8,10-11,14,20,22H,9,12-13H2. The third-order valence-corrected chi connectivity index (χ3v) is 3.59. The molecule has 0 aliphatic rings. The highest BCUT2D eigenvalue weighted by Gasteiger charge is 1.98. The first-order valence-electron chi connectivity index (χ1n) is 7.36. The zero-order chi connectivity index (χ0) is 15.2. The van der Waals surface area contributed by atoms with Crippen LogP contribution in [0.15, 0.2) is 67.3 Å². The van der Waals surface area contributed by atoms with Gasteiger partial charge in [0.05, 0.1) is 6.33 Å². The van der Waals surface area contributed by atoms with Crippen molar-refractivity contribution < 1.29 is 5.11 Å². The zero-order valence-electron chi connectivity index (χ0n) is 12.3. The number of nitrogens with zero attached hydrogens (tertiary/aromatic N) is 2. The summed E-state index contributed by atoms with van der Waals surface area (Å²) in [6.45, 7) is 0.972. The maximum absolute atomic E-state index is 8.91. The molecule has 0 unspecified atom stereocenters. The van der Waals surface area contributed by atoms with Crippen LogP contribution in [0, 0.1) is 0 Å². The molecule has 4 heteroatoms. The van der Waals surface area contributed by atoms with Crippen LogP contribution < -0.4 is 5.32 Å². The lowest BCUT2D eigenvalue weighted by Crippen LogP contribution is -2.00. The van der Waals surface area contributed by atoms with Crippen molar-refractivity contribution in [1.29, 1.82) is 0 Å². The van der Waals surface area contributed by atoms with Crippen LogP contribution in [0.3, 0.4) is 0 Å². The van der Waals surface area contributed by atoms with E-state index in [1.807, 2.05) is 35.0 Å². The van der Waals surface area contributed by atoms with E-state index in [1.165, 1.54) is 5.56 Å². The number of aromatic nitrogens is 2. The average molecular weight is 293 g/mol. The molecule has 0 bridgehead atoms. The molecule has 0 atom stereocenters. The Balaban J connectivity index is 1.59. The molecule has 0 amide bonds. The molecule has 0 spiro atoms. The normalized spacial score (nSPS) is 10.6. The Bertz CT molecular complexity index is 688. The summed E-state index contributed by atoms with van der Waals surface area (Å²) >= 11 is 0. The molecule has 0 aliphatic carbocycles. The van der Waals surface area contributed by atoms with Gasteiger partial charge in [-0.25, -0.2) is 4.98 Å². The maximum Gasteiger partial charge on any atom is 0.0991 e. The summed E-state index contributed by atoms with van der Waals surface area (Å²) in [5.74, 6) is 0. The molecular weight excluding hydrogens is 274 g/mol. The van der Waals surface area contributed by atoms with Gasteiger partial charge in [0, 0.05) is 36.9 Å². The van der Waals surface area contributed by atoms with Crippen molar-refractivity contribution in [3.05, 3.63) is 78.4 Å². The molecule has 1 heterocycles. The summed E-state index contributed by atoms with van der Waals surface area (Å²) in [7, 11) is 0. The lowest BCUT2D eigenvalue weighted by molar-refractivity contribution is 0.299. The molecule has 0 fully saturated rings. The summed E-state index contributed by atoms with van der Waals surface area (Å²) in [4.78, 5) is 4.05. The zero-order valence-corrected chi connectivity index (χ0v) is 12.3. The van der Waals surface area contributed by atoms with E-state index in [2.05, 4.69) is 34.6 Å². The lowest BCUT2D eigenvalue weighted by Gasteiger charge is -2.08. The van der Waals surface area contributed by atoms with Crippen molar-refractivity contribution >= 4 is 5.69 Å². The van der Waals surface area contributed by atoms with Crippen molar-refractivity contribution in [3.63, 3.8) is 0 Å². The van der Waals surface area contributed by atoms with Crippen molar-refractivity contribution in [2.75, 3.05) is 11.9 Å². The molecule has 0 saturated heterocycles. The Kier molecular flexibility index (Phi) is 4.51. The van der Waals surface area contributed by atoms with Crippen molar-refractivity contribution in [2.24, 2.45) is 0 Å². The van der Waals surface area contributed by atoms with Gasteiger partial charge in [-0.1, -0.05) is 24.3 Å². The van der Waals surface area contributed by atoms with Crippen molar-refractivity contribution in [3.8, 4) is 5.69 Å². The number of benzene rings is 2. The largest absolute Gasteiger partial charge is 0.396 e. The SMILES string of the molecule is OCCc1ccc(NCc2ccc(-n3ccnc3)cc2)cc1. The predicted molar refractivity (Wildman–Crippen MR) is 88.1 cm³/mol. The topological polar surface area (TPSA) is 50.1 Å². The highest BCUT2D eigenvalue weighted by molar-refractivity contribution is 5.45. The molecule has 2 N–H and O–H groups in total. The molecule has 22 heavy (non-hydrogen) atoms. The first-order valence-corrected chi connectivity index (χ1v) is 7.36. The number of imidazole rings is 1. The molecule has 1 aromatic heterocycles. The number of nitrogens with one attached hydrogen (secondary N) is 1. The quantitative estimate of drug-likeness (QED) is 0.734. The van der Waals surface area contributed by atoms with E-state index in [1.54, 1.807) is 12.5 Å². The Morgan fingerprint density at radius 3 is 2.32 bits per heavy atom. The van der Waals surface area contributed by atoms with Crippen LogP contribution in [0.4, 0.5) is 5.69 Å². The van der Waals surface area contributed by atoms with Gasteiger partial charge in [0.1, 0.15) is 0 Å².